The molecule has 0 unspecified atom stereocenters. The third-order valence-electron chi connectivity index (χ3n) is 4.88. The van der Waals surface area contributed by atoms with Gasteiger partial charge in [-0.1, -0.05) is 25.0 Å². The van der Waals surface area contributed by atoms with E-state index in [4.69, 9.17) is 0 Å². The summed E-state index contributed by atoms with van der Waals surface area (Å²) in [5.41, 5.74) is 2.91. The molecule has 2 aliphatic carbocycles. The van der Waals surface area contributed by atoms with E-state index in [9.17, 15) is 4.79 Å². The zero-order valence-electron chi connectivity index (χ0n) is 11.1. The predicted octanol–water partition coefficient (Wildman–Crippen LogP) is 4.13. The second-order valence-corrected chi connectivity index (χ2v) is 6.28. The van der Waals surface area contributed by atoms with Crippen molar-refractivity contribution in [2.75, 3.05) is 0 Å². The van der Waals surface area contributed by atoms with Gasteiger partial charge in [0.1, 0.15) is 5.78 Å². The number of ketones is 1. The molecule has 2 aliphatic rings. The van der Waals surface area contributed by atoms with Crippen molar-refractivity contribution in [3.8, 4) is 0 Å². The Hall–Kier alpha value is -0.590. The van der Waals surface area contributed by atoms with Gasteiger partial charge in [-0.15, -0.1) is 0 Å². The summed E-state index contributed by atoms with van der Waals surface area (Å²) in [5, 5.41) is 0. The van der Waals surface area contributed by atoms with Gasteiger partial charge in [0.2, 0.25) is 0 Å². The van der Waals surface area contributed by atoms with Crippen LogP contribution < -0.4 is 0 Å². The second-order valence-electron chi connectivity index (χ2n) is 6.28. The van der Waals surface area contributed by atoms with E-state index in [0.717, 1.165) is 12.8 Å². The number of carbonyl (C=O) groups is 1. The van der Waals surface area contributed by atoms with Gasteiger partial charge in [-0.3, -0.25) is 4.79 Å². The Morgan fingerprint density at radius 3 is 2.62 bits per heavy atom. The molecule has 0 aliphatic heterocycles. The third kappa shape index (κ3) is 1.74. The smallest absolute Gasteiger partial charge is 0.143 e. The minimum atomic E-state index is -0.0896. The van der Waals surface area contributed by atoms with Gasteiger partial charge in [0.25, 0.3) is 0 Å². The quantitative estimate of drug-likeness (QED) is 0.607. The van der Waals surface area contributed by atoms with E-state index in [1.54, 1.807) is 0 Å². The molecule has 1 saturated carbocycles. The van der Waals surface area contributed by atoms with Crippen LogP contribution in [0, 0.1) is 17.3 Å². The summed E-state index contributed by atoms with van der Waals surface area (Å²) in [6.45, 7) is 8.92. The van der Waals surface area contributed by atoms with E-state index in [1.807, 2.05) is 0 Å². The number of hydrogen-bond acceptors (Lipinski definition) is 1. The molecule has 0 bridgehead atoms. The summed E-state index contributed by atoms with van der Waals surface area (Å²) in [4.78, 5) is 12.4. The molecule has 0 saturated heterocycles. The maximum absolute atomic E-state index is 12.4. The van der Waals surface area contributed by atoms with Gasteiger partial charge in [0.05, 0.1) is 0 Å². The first-order valence-corrected chi connectivity index (χ1v) is 6.67. The lowest BCUT2D eigenvalue weighted by Gasteiger charge is -2.43. The Morgan fingerprint density at radius 2 is 2.00 bits per heavy atom. The van der Waals surface area contributed by atoms with Gasteiger partial charge in [-0.25, -0.2) is 0 Å². The summed E-state index contributed by atoms with van der Waals surface area (Å²) in [7, 11) is 0. The van der Waals surface area contributed by atoms with Crippen molar-refractivity contribution in [1.29, 1.82) is 0 Å². The summed E-state index contributed by atoms with van der Waals surface area (Å²) in [6, 6.07) is 0. The first-order valence-electron chi connectivity index (χ1n) is 6.67. The van der Waals surface area contributed by atoms with Gasteiger partial charge in [0, 0.05) is 11.8 Å². The molecule has 2 rings (SSSR count). The van der Waals surface area contributed by atoms with E-state index in [1.165, 1.54) is 30.4 Å². The molecular weight excluding hydrogens is 196 g/mol. The van der Waals surface area contributed by atoms with Crippen LogP contribution in [-0.2, 0) is 4.79 Å². The number of fused-ring (bicyclic) bond motifs is 1. The predicted molar refractivity (Wildman–Crippen MR) is 67.2 cm³/mol. The van der Waals surface area contributed by atoms with Crippen LogP contribution in [0.15, 0.2) is 11.1 Å². The van der Waals surface area contributed by atoms with Crippen molar-refractivity contribution in [2.24, 2.45) is 17.3 Å². The van der Waals surface area contributed by atoms with Gasteiger partial charge < -0.3 is 0 Å². The Morgan fingerprint density at radius 1 is 1.31 bits per heavy atom. The fourth-order valence-corrected chi connectivity index (χ4v) is 3.46. The van der Waals surface area contributed by atoms with Gasteiger partial charge in [0.15, 0.2) is 0 Å². The number of Topliss-reactive ketones (excluding diaryl/α,β-unsaturated/α-hetero) is 1. The molecule has 0 N–H and O–H groups in total. The number of carbonyl (C=O) groups excluding carboxylic acids is 1. The molecule has 90 valence electrons. The van der Waals surface area contributed by atoms with Crippen molar-refractivity contribution in [2.45, 2.75) is 59.8 Å². The van der Waals surface area contributed by atoms with Crippen molar-refractivity contribution < 1.29 is 4.79 Å². The first-order chi connectivity index (χ1) is 7.45. The maximum Gasteiger partial charge on any atom is 0.143 e. The Balaban J connectivity index is 2.35. The number of rotatable bonds is 1. The molecule has 0 spiro atoms. The molecule has 1 fully saturated rings. The zero-order valence-corrected chi connectivity index (χ0v) is 11.1. The first kappa shape index (κ1) is 11.9. The van der Waals surface area contributed by atoms with Crippen LogP contribution in [0.4, 0.5) is 0 Å². The SMILES string of the molecule is CC1=C2C[C@@H](C(C)C)CC(=O)[C@]2(C)CCC1. The molecule has 0 aromatic carbocycles. The van der Waals surface area contributed by atoms with Crippen LogP contribution in [0.3, 0.4) is 0 Å². The molecule has 0 aromatic rings. The highest BCUT2D eigenvalue weighted by Crippen LogP contribution is 2.50. The third-order valence-corrected chi connectivity index (χ3v) is 4.88. The molecule has 1 nitrogen and oxygen atoms in total. The lowest BCUT2D eigenvalue weighted by atomic mass is 9.59. The fourth-order valence-electron chi connectivity index (χ4n) is 3.46. The summed E-state index contributed by atoms with van der Waals surface area (Å²) < 4.78 is 0. The minimum absolute atomic E-state index is 0.0896. The van der Waals surface area contributed by atoms with Crippen LogP contribution in [0.5, 0.6) is 0 Å². The summed E-state index contributed by atoms with van der Waals surface area (Å²) in [5.74, 6) is 1.73. The highest BCUT2D eigenvalue weighted by molar-refractivity contribution is 5.89. The van der Waals surface area contributed by atoms with E-state index < -0.39 is 0 Å². The molecule has 1 heteroatoms. The van der Waals surface area contributed by atoms with Crippen LogP contribution >= 0.6 is 0 Å². The van der Waals surface area contributed by atoms with Crippen LogP contribution in [-0.4, -0.2) is 5.78 Å². The van der Waals surface area contributed by atoms with Gasteiger partial charge in [-0.05, 0) is 51.4 Å². The average molecular weight is 220 g/mol. The summed E-state index contributed by atoms with van der Waals surface area (Å²) >= 11 is 0. The van der Waals surface area contributed by atoms with E-state index >= 15 is 0 Å². The lowest BCUT2D eigenvalue weighted by Crippen LogP contribution is -2.40. The van der Waals surface area contributed by atoms with Gasteiger partial charge in [-0.2, -0.15) is 0 Å². The molecule has 16 heavy (non-hydrogen) atoms. The van der Waals surface area contributed by atoms with Crippen molar-refractivity contribution in [1.82, 2.24) is 0 Å². The molecular formula is C15H24O. The molecule has 0 aromatic heterocycles. The normalized spacial score (nSPS) is 35.6. The fraction of sp³-hybridized carbons (Fsp3) is 0.800. The van der Waals surface area contributed by atoms with Gasteiger partial charge >= 0.3 is 0 Å². The second kappa shape index (κ2) is 4.01. The Kier molecular flexibility index (Phi) is 2.98. The zero-order chi connectivity index (χ0) is 11.9. The standard InChI is InChI=1S/C15H24O/c1-10(2)12-8-13-11(3)6-5-7-15(13,4)14(16)9-12/h10,12H,5-9H2,1-4H3/t12-,15-/m1/s1. The lowest BCUT2D eigenvalue weighted by molar-refractivity contribution is -0.130. The maximum atomic E-state index is 12.4. The van der Waals surface area contributed by atoms with Crippen LogP contribution in [0.2, 0.25) is 0 Å². The average Bonchev–Trinajstić information content (AvgIpc) is 2.20. The Bertz CT molecular complexity index is 337. The molecule has 2 atom stereocenters. The van der Waals surface area contributed by atoms with E-state index in [2.05, 4.69) is 27.7 Å². The largest absolute Gasteiger partial charge is 0.299 e. The number of allylic oxidation sites excluding steroid dienone is 2. The topological polar surface area (TPSA) is 17.1 Å². The highest BCUT2D eigenvalue weighted by atomic mass is 16.1. The van der Waals surface area contributed by atoms with Crippen molar-refractivity contribution >= 4 is 5.78 Å². The highest BCUT2D eigenvalue weighted by Gasteiger charge is 2.44. The molecule has 0 radical (unpaired) electrons. The number of hydrogen-bond donors (Lipinski definition) is 0. The van der Waals surface area contributed by atoms with E-state index in [0.29, 0.717) is 17.6 Å². The van der Waals surface area contributed by atoms with Crippen molar-refractivity contribution in [3.05, 3.63) is 11.1 Å². The van der Waals surface area contributed by atoms with Crippen molar-refractivity contribution in [3.63, 3.8) is 0 Å². The minimum Gasteiger partial charge on any atom is -0.299 e. The Labute approximate surface area is 99.3 Å². The van der Waals surface area contributed by atoms with Crippen LogP contribution in [0.1, 0.15) is 59.8 Å². The molecule has 0 heterocycles. The van der Waals surface area contributed by atoms with Crippen LogP contribution in [0.25, 0.3) is 0 Å². The molecule has 0 amide bonds. The monoisotopic (exact) mass is 220 g/mol. The summed E-state index contributed by atoms with van der Waals surface area (Å²) in [6.07, 6.45) is 5.48. The van der Waals surface area contributed by atoms with E-state index in [-0.39, 0.29) is 5.41 Å².